The van der Waals surface area contributed by atoms with Crippen LogP contribution in [-0.2, 0) is 6.42 Å². The third-order valence-corrected chi connectivity index (χ3v) is 4.07. The highest BCUT2D eigenvalue weighted by Crippen LogP contribution is 2.23. The number of aromatic nitrogens is 1. The van der Waals surface area contributed by atoms with Crippen LogP contribution in [-0.4, -0.2) is 17.6 Å². The van der Waals surface area contributed by atoms with Crippen molar-refractivity contribution in [2.75, 3.05) is 6.54 Å². The Kier molecular flexibility index (Phi) is 5.37. The van der Waals surface area contributed by atoms with Gasteiger partial charge in [0.05, 0.1) is 5.01 Å². The quantitative estimate of drug-likeness (QED) is 0.867. The minimum atomic E-state index is 0.436. The maximum absolute atomic E-state index is 5.96. The van der Waals surface area contributed by atoms with Gasteiger partial charge < -0.3 is 5.32 Å². The molecule has 19 heavy (non-hydrogen) atoms. The second-order valence-electron chi connectivity index (χ2n) is 4.94. The topological polar surface area (TPSA) is 24.9 Å². The highest BCUT2D eigenvalue weighted by molar-refractivity contribution is 7.09. The zero-order valence-corrected chi connectivity index (χ0v) is 12.8. The fraction of sp³-hybridized carbons (Fsp3) is 0.400. The molecule has 1 aromatic carbocycles. The molecule has 2 rings (SSSR count). The van der Waals surface area contributed by atoms with Gasteiger partial charge in [-0.1, -0.05) is 37.6 Å². The molecule has 0 saturated carbocycles. The third-order valence-electron chi connectivity index (χ3n) is 3.02. The Morgan fingerprint density at radius 3 is 2.58 bits per heavy atom. The van der Waals surface area contributed by atoms with Crippen LogP contribution in [0.15, 0.2) is 35.8 Å². The molecule has 0 aliphatic rings. The van der Waals surface area contributed by atoms with E-state index in [1.165, 1.54) is 10.6 Å². The third kappa shape index (κ3) is 4.60. The van der Waals surface area contributed by atoms with E-state index in [1.807, 2.05) is 23.7 Å². The zero-order valence-electron chi connectivity index (χ0n) is 11.3. The van der Waals surface area contributed by atoms with E-state index in [-0.39, 0.29) is 0 Å². The summed E-state index contributed by atoms with van der Waals surface area (Å²) in [6.07, 6.45) is 2.84. The van der Waals surface area contributed by atoms with Gasteiger partial charge >= 0.3 is 0 Å². The molecule has 102 valence electrons. The number of hydrogen-bond acceptors (Lipinski definition) is 3. The Hall–Kier alpha value is -0.900. The van der Waals surface area contributed by atoms with E-state index in [0.29, 0.717) is 12.0 Å². The molecular formula is C15H19ClN2S. The van der Waals surface area contributed by atoms with Gasteiger partial charge in [-0.3, -0.25) is 0 Å². The summed E-state index contributed by atoms with van der Waals surface area (Å²) in [7, 11) is 0. The second-order valence-corrected chi connectivity index (χ2v) is 6.36. The van der Waals surface area contributed by atoms with E-state index >= 15 is 0 Å². The molecule has 1 heterocycles. The van der Waals surface area contributed by atoms with E-state index in [0.717, 1.165) is 18.0 Å². The molecule has 4 heteroatoms. The molecule has 0 amide bonds. The van der Waals surface area contributed by atoms with Crippen molar-refractivity contribution in [3.63, 3.8) is 0 Å². The van der Waals surface area contributed by atoms with Crippen molar-refractivity contribution in [3.05, 3.63) is 51.4 Å². The van der Waals surface area contributed by atoms with Gasteiger partial charge in [-0.05, 0) is 17.7 Å². The lowest BCUT2D eigenvalue weighted by atomic mass is 9.95. The number of nitrogens with one attached hydrogen (secondary N) is 1. The molecule has 2 aromatic rings. The summed E-state index contributed by atoms with van der Waals surface area (Å²) in [6, 6.07) is 8.64. The largest absolute Gasteiger partial charge is 0.314 e. The van der Waals surface area contributed by atoms with Crippen LogP contribution in [0, 0.1) is 0 Å². The average Bonchev–Trinajstić information content (AvgIpc) is 2.88. The summed E-state index contributed by atoms with van der Waals surface area (Å²) in [6.45, 7) is 5.30. The van der Waals surface area contributed by atoms with Gasteiger partial charge in [-0.2, -0.15) is 0 Å². The molecule has 1 N–H and O–H groups in total. The maximum atomic E-state index is 5.96. The molecule has 0 aliphatic heterocycles. The van der Waals surface area contributed by atoms with E-state index in [4.69, 9.17) is 11.6 Å². The van der Waals surface area contributed by atoms with Gasteiger partial charge in [0.25, 0.3) is 0 Å². The molecule has 0 radical (unpaired) electrons. The molecule has 1 atom stereocenters. The summed E-state index contributed by atoms with van der Waals surface area (Å²) >= 11 is 7.68. The summed E-state index contributed by atoms with van der Waals surface area (Å²) in [4.78, 5) is 4.39. The van der Waals surface area contributed by atoms with Crippen LogP contribution in [0.1, 0.15) is 30.3 Å². The van der Waals surface area contributed by atoms with E-state index in [2.05, 4.69) is 36.3 Å². The van der Waals surface area contributed by atoms with Crippen molar-refractivity contribution in [1.29, 1.82) is 0 Å². The van der Waals surface area contributed by atoms with Crippen LogP contribution < -0.4 is 5.32 Å². The highest BCUT2D eigenvalue weighted by atomic mass is 35.5. The van der Waals surface area contributed by atoms with Crippen LogP contribution in [0.2, 0.25) is 5.02 Å². The first-order chi connectivity index (χ1) is 9.15. The van der Waals surface area contributed by atoms with Crippen molar-refractivity contribution in [3.8, 4) is 0 Å². The van der Waals surface area contributed by atoms with Gasteiger partial charge in [0.2, 0.25) is 0 Å². The Morgan fingerprint density at radius 2 is 2.00 bits per heavy atom. The normalized spacial score (nSPS) is 12.8. The van der Waals surface area contributed by atoms with Gasteiger partial charge in [0.15, 0.2) is 0 Å². The first-order valence-electron chi connectivity index (χ1n) is 6.52. The number of thiazole rings is 1. The van der Waals surface area contributed by atoms with Crippen LogP contribution in [0.4, 0.5) is 0 Å². The number of benzene rings is 1. The number of nitrogens with zero attached hydrogens (tertiary/aromatic N) is 1. The van der Waals surface area contributed by atoms with Crippen molar-refractivity contribution in [2.24, 2.45) is 0 Å². The fourth-order valence-corrected chi connectivity index (χ4v) is 2.81. The van der Waals surface area contributed by atoms with Crippen LogP contribution in [0.3, 0.4) is 0 Å². The smallest absolute Gasteiger partial charge is 0.0931 e. The first kappa shape index (κ1) is 14.5. The maximum Gasteiger partial charge on any atom is 0.0931 e. The van der Waals surface area contributed by atoms with E-state index in [1.54, 1.807) is 11.3 Å². The number of hydrogen-bond donors (Lipinski definition) is 1. The molecule has 0 saturated heterocycles. The van der Waals surface area contributed by atoms with E-state index < -0.39 is 0 Å². The Labute approximate surface area is 123 Å². The molecule has 0 fully saturated rings. The first-order valence-corrected chi connectivity index (χ1v) is 7.78. The van der Waals surface area contributed by atoms with Crippen molar-refractivity contribution >= 4 is 22.9 Å². The lowest BCUT2D eigenvalue weighted by Crippen LogP contribution is -2.28. The number of halogens is 1. The number of rotatable bonds is 6. The predicted octanol–water partition coefficient (Wildman–Crippen LogP) is 4.12. The second kappa shape index (κ2) is 7.04. The lowest BCUT2D eigenvalue weighted by molar-refractivity contribution is 0.526. The van der Waals surface area contributed by atoms with Crippen LogP contribution in [0.5, 0.6) is 0 Å². The van der Waals surface area contributed by atoms with Gasteiger partial charge in [0, 0.05) is 41.5 Å². The summed E-state index contributed by atoms with van der Waals surface area (Å²) in [5.74, 6) is 0.436. The summed E-state index contributed by atoms with van der Waals surface area (Å²) in [5, 5.41) is 7.52. The van der Waals surface area contributed by atoms with Crippen molar-refractivity contribution in [1.82, 2.24) is 10.3 Å². The molecule has 0 spiro atoms. The minimum absolute atomic E-state index is 0.436. The minimum Gasteiger partial charge on any atom is -0.314 e. The molecular weight excluding hydrogens is 276 g/mol. The Bertz CT molecular complexity index is 479. The van der Waals surface area contributed by atoms with Gasteiger partial charge in [-0.25, -0.2) is 4.98 Å². The lowest BCUT2D eigenvalue weighted by Gasteiger charge is -2.19. The SMILES string of the molecule is CC(C)NCC(Cc1nccs1)c1ccc(Cl)cc1. The summed E-state index contributed by atoms with van der Waals surface area (Å²) < 4.78 is 0. The van der Waals surface area contributed by atoms with Crippen LogP contribution in [0.25, 0.3) is 0 Å². The van der Waals surface area contributed by atoms with Crippen LogP contribution >= 0.6 is 22.9 Å². The van der Waals surface area contributed by atoms with E-state index in [9.17, 15) is 0 Å². The molecule has 0 aliphatic carbocycles. The molecule has 1 aromatic heterocycles. The molecule has 2 nitrogen and oxygen atoms in total. The molecule has 0 bridgehead atoms. The Morgan fingerprint density at radius 1 is 1.26 bits per heavy atom. The average molecular weight is 295 g/mol. The highest BCUT2D eigenvalue weighted by Gasteiger charge is 2.14. The summed E-state index contributed by atoms with van der Waals surface area (Å²) in [5.41, 5.74) is 1.31. The standard InChI is InChI=1S/C15H19ClN2S/c1-11(2)18-10-13(9-15-17-7-8-19-15)12-3-5-14(16)6-4-12/h3-8,11,13,18H,9-10H2,1-2H3. The van der Waals surface area contributed by atoms with Gasteiger partial charge in [-0.15, -0.1) is 11.3 Å². The molecule has 1 unspecified atom stereocenters. The zero-order chi connectivity index (χ0) is 13.7. The monoisotopic (exact) mass is 294 g/mol. The van der Waals surface area contributed by atoms with Crippen molar-refractivity contribution in [2.45, 2.75) is 32.2 Å². The predicted molar refractivity (Wildman–Crippen MR) is 83.1 cm³/mol. The van der Waals surface area contributed by atoms with Crippen molar-refractivity contribution < 1.29 is 0 Å². The fourth-order valence-electron chi connectivity index (χ4n) is 1.99. The Balaban J connectivity index is 2.11. The van der Waals surface area contributed by atoms with Gasteiger partial charge in [0.1, 0.15) is 0 Å².